The number of benzene rings is 1. The van der Waals surface area contributed by atoms with Gasteiger partial charge in [0.1, 0.15) is 5.82 Å². The van der Waals surface area contributed by atoms with Crippen molar-refractivity contribution in [1.29, 1.82) is 0 Å². The van der Waals surface area contributed by atoms with Gasteiger partial charge in [0.2, 0.25) is 0 Å². The molecule has 4 heteroatoms. The third kappa shape index (κ3) is 2.90. The van der Waals surface area contributed by atoms with Crippen LogP contribution in [0, 0.1) is 5.82 Å². The van der Waals surface area contributed by atoms with Gasteiger partial charge in [-0.1, -0.05) is 26.0 Å². The monoisotopic (exact) mass is 238 g/mol. The van der Waals surface area contributed by atoms with Gasteiger partial charge >= 0.3 is 5.97 Å². The van der Waals surface area contributed by atoms with Crippen molar-refractivity contribution in [1.82, 2.24) is 0 Å². The SMILES string of the molecule is CCC(CC)c1ccc(C(=O)C(=O)O)cc1F. The summed E-state index contributed by atoms with van der Waals surface area (Å²) < 4.78 is 13.8. The first kappa shape index (κ1) is 13.4. The van der Waals surface area contributed by atoms with Crippen LogP contribution in [0.1, 0.15) is 48.5 Å². The molecule has 92 valence electrons. The van der Waals surface area contributed by atoms with Crippen LogP contribution in [-0.2, 0) is 4.79 Å². The molecule has 0 aliphatic rings. The Hall–Kier alpha value is -1.71. The molecule has 1 aromatic rings. The largest absolute Gasteiger partial charge is 0.475 e. The van der Waals surface area contributed by atoms with Crippen LogP contribution >= 0.6 is 0 Å². The minimum Gasteiger partial charge on any atom is -0.475 e. The highest BCUT2D eigenvalue weighted by molar-refractivity contribution is 6.39. The zero-order valence-corrected chi connectivity index (χ0v) is 9.87. The van der Waals surface area contributed by atoms with Crippen LogP contribution in [0.2, 0.25) is 0 Å². The summed E-state index contributed by atoms with van der Waals surface area (Å²) in [5.74, 6) is -3.06. The topological polar surface area (TPSA) is 54.4 Å². The molecular formula is C13H15FO3. The van der Waals surface area contributed by atoms with Crippen molar-refractivity contribution in [2.75, 3.05) is 0 Å². The zero-order chi connectivity index (χ0) is 13.0. The Balaban J connectivity index is 3.09. The Morgan fingerprint density at radius 1 is 1.29 bits per heavy atom. The molecule has 0 aromatic heterocycles. The number of carbonyl (C=O) groups excluding carboxylic acids is 1. The lowest BCUT2D eigenvalue weighted by Crippen LogP contribution is -2.13. The molecule has 1 N–H and O–H groups in total. The number of aliphatic carboxylic acids is 1. The van der Waals surface area contributed by atoms with E-state index in [0.29, 0.717) is 5.56 Å². The van der Waals surface area contributed by atoms with E-state index >= 15 is 0 Å². The predicted molar refractivity (Wildman–Crippen MR) is 61.7 cm³/mol. The maximum absolute atomic E-state index is 13.8. The molecule has 0 amide bonds. The first-order valence-corrected chi connectivity index (χ1v) is 5.58. The second-order valence-corrected chi connectivity index (χ2v) is 3.88. The Kier molecular flexibility index (Phi) is 4.37. The van der Waals surface area contributed by atoms with Crippen molar-refractivity contribution in [3.8, 4) is 0 Å². The lowest BCUT2D eigenvalue weighted by molar-refractivity contribution is -0.131. The van der Waals surface area contributed by atoms with Crippen molar-refractivity contribution in [2.24, 2.45) is 0 Å². The standard InChI is InChI=1S/C13H15FO3/c1-3-8(4-2)10-6-5-9(7-11(10)14)12(15)13(16)17/h5-8H,3-4H2,1-2H3,(H,16,17). The number of hydrogen-bond acceptors (Lipinski definition) is 2. The van der Waals surface area contributed by atoms with Gasteiger partial charge in [-0.3, -0.25) is 4.79 Å². The minimum atomic E-state index is -1.57. The summed E-state index contributed by atoms with van der Waals surface area (Å²) in [4.78, 5) is 21.6. The smallest absolute Gasteiger partial charge is 0.377 e. The second kappa shape index (κ2) is 5.57. The number of carboxylic acid groups (broad SMARTS) is 1. The molecule has 1 rings (SSSR count). The van der Waals surface area contributed by atoms with Gasteiger partial charge in [-0.15, -0.1) is 0 Å². The Morgan fingerprint density at radius 2 is 1.88 bits per heavy atom. The van der Waals surface area contributed by atoms with E-state index < -0.39 is 17.6 Å². The van der Waals surface area contributed by atoms with E-state index in [9.17, 15) is 14.0 Å². The summed E-state index contributed by atoms with van der Waals surface area (Å²) in [6, 6.07) is 3.88. The van der Waals surface area contributed by atoms with Crippen LogP contribution in [-0.4, -0.2) is 16.9 Å². The van der Waals surface area contributed by atoms with E-state index in [2.05, 4.69) is 0 Å². The molecule has 0 fully saturated rings. The summed E-state index contributed by atoms with van der Waals surface area (Å²) in [6.45, 7) is 3.92. The third-order valence-electron chi connectivity index (χ3n) is 2.88. The van der Waals surface area contributed by atoms with Gasteiger partial charge in [-0.2, -0.15) is 0 Å². The van der Waals surface area contributed by atoms with E-state index in [1.54, 1.807) is 0 Å². The van der Waals surface area contributed by atoms with Gasteiger partial charge < -0.3 is 5.11 Å². The highest BCUT2D eigenvalue weighted by atomic mass is 19.1. The molecule has 0 saturated heterocycles. The molecule has 3 nitrogen and oxygen atoms in total. The molecule has 0 aliphatic carbocycles. The van der Waals surface area contributed by atoms with Crippen LogP contribution in [0.5, 0.6) is 0 Å². The first-order valence-electron chi connectivity index (χ1n) is 5.58. The van der Waals surface area contributed by atoms with Gasteiger partial charge in [0.25, 0.3) is 5.78 Å². The van der Waals surface area contributed by atoms with E-state index in [4.69, 9.17) is 5.11 Å². The van der Waals surface area contributed by atoms with Crippen molar-refractivity contribution < 1.29 is 19.1 Å². The number of hydrogen-bond donors (Lipinski definition) is 1. The van der Waals surface area contributed by atoms with Crippen LogP contribution < -0.4 is 0 Å². The number of carbonyl (C=O) groups is 2. The molecule has 0 unspecified atom stereocenters. The second-order valence-electron chi connectivity index (χ2n) is 3.88. The van der Waals surface area contributed by atoms with Crippen LogP contribution in [0.15, 0.2) is 18.2 Å². The number of carboxylic acids is 1. The zero-order valence-electron chi connectivity index (χ0n) is 9.87. The molecule has 0 saturated carbocycles. The molecule has 0 atom stereocenters. The van der Waals surface area contributed by atoms with Gasteiger partial charge in [-0.05, 0) is 30.4 Å². The summed E-state index contributed by atoms with van der Waals surface area (Å²) in [7, 11) is 0. The van der Waals surface area contributed by atoms with E-state index in [1.165, 1.54) is 12.1 Å². The van der Waals surface area contributed by atoms with Gasteiger partial charge in [0, 0.05) is 5.56 Å². The average Bonchev–Trinajstić information content (AvgIpc) is 2.31. The highest BCUT2D eigenvalue weighted by Gasteiger charge is 2.18. The van der Waals surface area contributed by atoms with Gasteiger partial charge in [-0.25, -0.2) is 9.18 Å². The number of ketones is 1. The number of halogens is 1. The highest BCUT2D eigenvalue weighted by Crippen LogP contribution is 2.26. The number of rotatable bonds is 5. The fraction of sp³-hybridized carbons (Fsp3) is 0.385. The van der Waals surface area contributed by atoms with E-state index in [-0.39, 0.29) is 11.5 Å². The summed E-state index contributed by atoms with van der Waals surface area (Å²) in [5.41, 5.74) is 0.418. The molecule has 0 spiro atoms. The normalized spacial score (nSPS) is 10.6. The summed E-state index contributed by atoms with van der Waals surface area (Å²) >= 11 is 0. The number of Topliss-reactive ketones (excluding diaryl/α,β-unsaturated/α-hetero) is 1. The minimum absolute atomic E-state index is 0.101. The maximum Gasteiger partial charge on any atom is 0.377 e. The maximum atomic E-state index is 13.8. The molecule has 0 radical (unpaired) electrons. The average molecular weight is 238 g/mol. The first-order chi connectivity index (χ1) is 8.01. The van der Waals surface area contributed by atoms with Crippen molar-refractivity contribution in [3.05, 3.63) is 35.1 Å². The van der Waals surface area contributed by atoms with Crippen molar-refractivity contribution in [3.63, 3.8) is 0 Å². The molecule has 0 bridgehead atoms. The Labute approximate surface area is 99.3 Å². The predicted octanol–water partition coefficient (Wildman–Crippen LogP) is 3.00. The fourth-order valence-electron chi connectivity index (χ4n) is 1.85. The van der Waals surface area contributed by atoms with E-state index in [1.807, 2.05) is 13.8 Å². The Morgan fingerprint density at radius 3 is 2.29 bits per heavy atom. The molecule has 1 aromatic carbocycles. The van der Waals surface area contributed by atoms with Crippen LogP contribution in [0.4, 0.5) is 4.39 Å². The van der Waals surface area contributed by atoms with Crippen LogP contribution in [0.3, 0.4) is 0 Å². The summed E-state index contributed by atoms with van der Waals surface area (Å²) in [6.07, 6.45) is 1.61. The fourth-order valence-corrected chi connectivity index (χ4v) is 1.85. The molecular weight excluding hydrogens is 223 g/mol. The van der Waals surface area contributed by atoms with Crippen molar-refractivity contribution >= 4 is 11.8 Å². The lowest BCUT2D eigenvalue weighted by atomic mass is 9.92. The molecule has 0 aliphatic heterocycles. The van der Waals surface area contributed by atoms with Crippen molar-refractivity contribution in [2.45, 2.75) is 32.6 Å². The van der Waals surface area contributed by atoms with Crippen LogP contribution in [0.25, 0.3) is 0 Å². The van der Waals surface area contributed by atoms with Gasteiger partial charge in [0.05, 0.1) is 0 Å². The lowest BCUT2D eigenvalue weighted by Gasteiger charge is -2.14. The molecule has 0 heterocycles. The van der Waals surface area contributed by atoms with Gasteiger partial charge in [0.15, 0.2) is 0 Å². The van der Waals surface area contributed by atoms with E-state index in [0.717, 1.165) is 18.9 Å². The summed E-state index contributed by atoms with van der Waals surface area (Å²) in [5, 5.41) is 8.53. The Bertz CT molecular complexity index is 436. The molecule has 17 heavy (non-hydrogen) atoms. The quantitative estimate of drug-likeness (QED) is 0.633. The third-order valence-corrected chi connectivity index (χ3v) is 2.88.